The zero-order chi connectivity index (χ0) is 16.8. The minimum atomic E-state index is -1.64. The Morgan fingerprint density at radius 2 is 2.30 bits per heavy atom. The first-order valence-electron chi connectivity index (χ1n) is 6.74. The van der Waals surface area contributed by atoms with Gasteiger partial charge in [0.1, 0.15) is 12.2 Å². The van der Waals surface area contributed by atoms with E-state index < -0.39 is 36.2 Å². The summed E-state index contributed by atoms with van der Waals surface area (Å²) in [5.41, 5.74) is 3.43. The zero-order valence-corrected chi connectivity index (χ0v) is 12.1. The number of nitrogen functional groups attached to an aromatic ring is 1. The Kier molecular flexibility index (Phi) is 3.57. The van der Waals surface area contributed by atoms with Gasteiger partial charge in [-0.1, -0.05) is 5.92 Å². The molecule has 6 N–H and O–H groups in total. The standard InChI is InChI=1S/C13H15N5O5/c1-2-3-13(4-19)8(21)7(20)11(23-13)18-5-15-6-9(18)16-12(14)17-10(6)22/h5,7-8,11,19-21H,4H2,1H3,(H3,14,16,17,22). The second kappa shape index (κ2) is 5.32. The summed E-state index contributed by atoms with van der Waals surface area (Å²) in [5, 5.41) is 30.0. The van der Waals surface area contributed by atoms with Gasteiger partial charge < -0.3 is 25.8 Å². The van der Waals surface area contributed by atoms with E-state index in [2.05, 4.69) is 26.8 Å². The normalized spacial score (nSPS) is 30.3. The zero-order valence-electron chi connectivity index (χ0n) is 12.1. The molecule has 4 atom stereocenters. The molecule has 0 radical (unpaired) electrons. The minimum Gasteiger partial charge on any atom is -0.392 e. The van der Waals surface area contributed by atoms with Gasteiger partial charge in [0.25, 0.3) is 5.56 Å². The summed E-state index contributed by atoms with van der Waals surface area (Å²) in [6.45, 7) is 0.896. The number of aliphatic hydroxyl groups excluding tert-OH is 3. The summed E-state index contributed by atoms with van der Waals surface area (Å²) in [6, 6.07) is 0. The van der Waals surface area contributed by atoms with Crippen LogP contribution in [0.1, 0.15) is 13.2 Å². The molecule has 1 saturated heterocycles. The quantitative estimate of drug-likeness (QED) is 0.386. The lowest BCUT2D eigenvalue weighted by Crippen LogP contribution is -2.45. The second-order valence-electron chi connectivity index (χ2n) is 5.14. The molecule has 1 aliphatic rings. The van der Waals surface area contributed by atoms with Crippen LogP contribution in [-0.2, 0) is 4.74 Å². The van der Waals surface area contributed by atoms with Gasteiger partial charge in [-0.05, 0) is 6.92 Å². The lowest BCUT2D eigenvalue weighted by atomic mass is 9.97. The SMILES string of the molecule is CC#CC1(CO)OC(n2cnc3c(=O)[nH]c(N)nc32)C(O)C1O. The fraction of sp³-hybridized carbons (Fsp3) is 0.462. The molecule has 2 aromatic rings. The number of ether oxygens (including phenoxy) is 1. The highest BCUT2D eigenvalue weighted by Gasteiger charge is 2.54. The lowest BCUT2D eigenvalue weighted by Gasteiger charge is -2.23. The summed E-state index contributed by atoms with van der Waals surface area (Å²) in [5.74, 6) is 5.00. The smallest absolute Gasteiger partial charge is 0.280 e. The molecule has 0 spiro atoms. The van der Waals surface area contributed by atoms with Crippen LogP contribution in [0.2, 0.25) is 0 Å². The van der Waals surface area contributed by atoms with Crippen LogP contribution in [0.15, 0.2) is 11.1 Å². The Morgan fingerprint density at radius 3 is 2.96 bits per heavy atom. The molecular formula is C13H15N5O5. The van der Waals surface area contributed by atoms with Crippen molar-refractivity contribution in [2.75, 3.05) is 12.3 Å². The molecule has 1 fully saturated rings. The molecule has 0 amide bonds. The fourth-order valence-electron chi connectivity index (χ4n) is 2.62. The average Bonchev–Trinajstić information content (AvgIpc) is 3.03. The summed E-state index contributed by atoms with van der Waals surface area (Å²) < 4.78 is 6.87. The number of hydrogen-bond acceptors (Lipinski definition) is 8. The minimum absolute atomic E-state index is 0.00700. The van der Waals surface area contributed by atoms with Gasteiger partial charge in [-0.2, -0.15) is 4.98 Å². The van der Waals surface area contributed by atoms with Gasteiger partial charge in [-0.15, -0.1) is 5.92 Å². The van der Waals surface area contributed by atoms with E-state index in [1.165, 1.54) is 17.8 Å². The van der Waals surface area contributed by atoms with Crippen molar-refractivity contribution >= 4 is 17.1 Å². The molecule has 10 nitrogen and oxygen atoms in total. The van der Waals surface area contributed by atoms with Gasteiger partial charge in [0.2, 0.25) is 5.95 Å². The molecule has 0 bridgehead atoms. The van der Waals surface area contributed by atoms with Crippen LogP contribution in [0.3, 0.4) is 0 Å². The Balaban J connectivity index is 2.12. The number of rotatable bonds is 2. The third-order valence-corrected chi connectivity index (χ3v) is 3.72. The topological polar surface area (TPSA) is 160 Å². The maximum atomic E-state index is 11.8. The molecule has 23 heavy (non-hydrogen) atoms. The van der Waals surface area contributed by atoms with Crippen LogP contribution in [0.5, 0.6) is 0 Å². The highest BCUT2D eigenvalue weighted by molar-refractivity contribution is 5.70. The third-order valence-electron chi connectivity index (χ3n) is 3.72. The molecule has 0 saturated carbocycles. The van der Waals surface area contributed by atoms with Gasteiger partial charge in [0, 0.05) is 0 Å². The Labute approximate surface area is 129 Å². The number of imidazole rings is 1. The Hall–Kier alpha value is -2.45. The van der Waals surface area contributed by atoms with Crippen LogP contribution < -0.4 is 11.3 Å². The first-order valence-corrected chi connectivity index (χ1v) is 6.74. The number of hydrogen-bond donors (Lipinski definition) is 5. The van der Waals surface area contributed by atoms with Gasteiger partial charge >= 0.3 is 0 Å². The van der Waals surface area contributed by atoms with Crippen LogP contribution in [-0.4, -0.2) is 59.3 Å². The van der Waals surface area contributed by atoms with Crippen LogP contribution in [0.25, 0.3) is 11.2 Å². The molecule has 3 heterocycles. The van der Waals surface area contributed by atoms with E-state index >= 15 is 0 Å². The van der Waals surface area contributed by atoms with Crippen LogP contribution in [0.4, 0.5) is 5.95 Å². The average molecular weight is 321 g/mol. The number of aromatic amines is 1. The third kappa shape index (κ3) is 2.18. The highest BCUT2D eigenvalue weighted by Crippen LogP contribution is 2.37. The van der Waals surface area contributed by atoms with Crippen LogP contribution in [0, 0.1) is 11.8 Å². The summed E-state index contributed by atoms with van der Waals surface area (Å²) in [4.78, 5) is 22.0. The Morgan fingerprint density at radius 1 is 1.57 bits per heavy atom. The molecule has 122 valence electrons. The van der Waals surface area contributed by atoms with E-state index in [1.807, 2.05) is 0 Å². The van der Waals surface area contributed by atoms with Crippen molar-refractivity contribution in [1.82, 2.24) is 19.5 Å². The predicted molar refractivity (Wildman–Crippen MR) is 78.0 cm³/mol. The van der Waals surface area contributed by atoms with Crippen LogP contribution >= 0.6 is 0 Å². The maximum Gasteiger partial charge on any atom is 0.280 e. The lowest BCUT2D eigenvalue weighted by molar-refractivity contribution is -0.0912. The molecule has 3 rings (SSSR count). The fourth-order valence-corrected chi connectivity index (χ4v) is 2.62. The van der Waals surface area contributed by atoms with Gasteiger partial charge in [0.15, 0.2) is 23.0 Å². The van der Waals surface area contributed by atoms with E-state index in [1.54, 1.807) is 0 Å². The van der Waals surface area contributed by atoms with E-state index in [0.29, 0.717) is 0 Å². The number of aliphatic hydroxyl groups is 3. The number of H-pyrrole nitrogens is 1. The van der Waals surface area contributed by atoms with Gasteiger partial charge in [-0.3, -0.25) is 14.3 Å². The molecule has 10 heteroatoms. The van der Waals surface area contributed by atoms with Crippen molar-refractivity contribution < 1.29 is 20.1 Å². The van der Waals surface area contributed by atoms with Crippen molar-refractivity contribution in [2.45, 2.75) is 31.0 Å². The molecule has 2 aromatic heterocycles. The van der Waals surface area contributed by atoms with E-state index in [9.17, 15) is 20.1 Å². The largest absolute Gasteiger partial charge is 0.392 e. The maximum absolute atomic E-state index is 11.8. The molecule has 0 aromatic carbocycles. The molecular weight excluding hydrogens is 306 g/mol. The monoisotopic (exact) mass is 321 g/mol. The van der Waals surface area contributed by atoms with Crippen molar-refractivity contribution in [3.63, 3.8) is 0 Å². The summed E-state index contributed by atoms with van der Waals surface area (Å²) in [6.07, 6.45) is -2.78. The number of nitrogens with two attached hydrogens (primary N) is 1. The first kappa shape index (κ1) is 15.4. The van der Waals surface area contributed by atoms with Gasteiger partial charge in [-0.25, -0.2) is 4.98 Å². The highest BCUT2D eigenvalue weighted by atomic mass is 16.6. The predicted octanol–water partition coefficient (Wildman–Crippen LogP) is -2.29. The van der Waals surface area contributed by atoms with E-state index in [0.717, 1.165) is 0 Å². The van der Waals surface area contributed by atoms with E-state index in [4.69, 9.17) is 10.5 Å². The van der Waals surface area contributed by atoms with Gasteiger partial charge in [0.05, 0.1) is 12.9 Å². The number of nitrogens with one attached hydrogen (secondary N) is 1. The molecule has 1 aliphatic heterocycles. The number of fused-ring (bicyclic) bond motifs is 1. The first-order chi connectivity index (χ1) is 10.9. The van der Waals surface area contributed by atoms with Crippen molar-refractivity contribution in [3.05, 3.63) is 16.7 Å². The van der Waals surface area contributed by atoms with Crippen molar-refractivity contribution in [3.8, 4) is 11.8 Å². The number of nitrogens with zero attached hydrogens (tertiary/aromatic N) is 3. The Bertz CT molecular complexity index is 865. The van der Waals surface area contributed by atoms with Crippen molar-refractivity contribution in [1.29, 1.82) is 0 Å². The number of aromatic nitrogens is 4. The number of anilines is 1. The second-order valence-corrected chi connectivity index (χ2v) is 5.14. The van der Waals surface area contributed by atoms with Crippen molar-refractivity contribution in [2.24, 2.45) is 0 Å². The van der Waals surface area contributed by atoms with E-state index in [-0.39, 0.29) is 17.1 Å². The molecule has 0 aliphatic carbocycles. The summed E-state index contributed by atoms with van der Waals surface area (Å²) >= 11 is 0. The molecule has 4 unspecified atom stereocenters. The summed E-state index contributed by atoms with van der Waals surface area (Å²) in [7, 11) is 0.